The molecular weight excluding hydrogens is 578 g/mol. The van der Waals surface area contributed by atoms with Crippen molar-refractivity contribution in [2.24, 2.45) is 0 Å². The molecule has 0 aliphatic carbocycles. The van der Waals surface area contributed by atoms with Gasteiger partial charge in [0.15, 0.2) is 11.5 Å². The number of rotatable bonds is 12. The summed E-state index contributed by atoms with van der Waals surface area (Å²) in [6.07, 6.45) is 1.03. The van der Waals surface area contributed by atoms with Crippen LogP contribution in [0.15, 0.2) is 77.7 Å². The zero-order chi connectivity index (χ0) is 30.3. The van der Waals surface area contributed by atoms with Gasteiger partial charge in [-0.3, -0.25) is 13.9 Å². The van der Waals surface area contributed by atoms with Gasteiger partial charge in [-0.25, -0.2) is 8.42 Å². The predicted octanol–water partition coefficient (Wildman–Crippen LogP) is 5.03. The molecule has 0 saturated carbocycles. The number of halogens is 1. The molecular formula is C31H36ClN3O6S. The van der Waals surface area contributed by atoms with Gasteiger partial charge in [0.05, 0.1) is 10.6 Å². The highest BCUT2D eigenvalue weighted by molar-refractivity contribution is 7.92. The van der Waals surface area contributed by atoms with Crippen molar-refractivity contribution in [3.8, 4) is 11.5 Å². The largest absolute Gasteiger partial charge is 0.486 e. The molecule has 2 amide bonds. The zero-order valence-corrected chi connectivity index (χ0v) is 25.5. The first-order valence-corrected chi connectivity index (χ1v) is 15.8. The molecule has 2 atom stereocenters. The normalized spacial score (nSPS) is 14.0. The Morgan fingerprint density at radius 1 is 0.929 bits per heavy atom. The summed E-state index contributed by atoms with van der Waals surface area (Å²) in [6.45, 7) is 5.81. The van der Waals surface area contributed by atoms with Crippen LogP contribution in [0.5, 0.6) is 11.5 Å². The number of hydrogen-bond acceptors (Lipinski definition) is 6. The fourth-order valence-corrected chi connectivity index (χ4v) is 6.23. The maximum atomic E-state index is 14.2. The van der Waals surface area contributed by atoms with E-state index in [1.54, 1.807) is 60.7 Å². The van der Waals surface area contributed by atoms with Crippen LogP contribution in [0.4, 0.5) is 5.69 Å². The molecule has 0 saturated heterocycles. The molecule has 11 heteroatoms. The summed E-state index contributed by atoms with van der Waals surface area (Å²) in [5.74, 6) is -0.00670. The number of anilines is 1. The third-order valence-electron chi connectivity index (χ3n) is 7.11. The van der Waals surface area contributed by atoms with Crippen LogP contribution in [-0.2, 0) is 26.2 Å². The van der Waals surface area contributed by atoms with Crippen LogP contribution in [0.2, 0.25) is 5.02 Å². The lowest BCUT2D eigenvalue weighted by Gasteiger charge is -2.34. The van der Waals surface area contributed by atoms with Crippen molar-refractivity contribution in [1.29, 1.82) is 0 Å². The Balaban J connectivity index is 1.76. The number of nitrogens with zero attached hydrogens (tertiary/aromatic N) is 2. The lowest BCUT2D eigenvalue weighted by atomic mass is 10.1. The van der Waals surface area contributed by atoms with Gasteiger partial charge in [-0.1, -0.05) is 61.8 Å². The van der Waals surface area contributed by atoms with E-state index in [0.717, 1.165) is 4.31 Å². The first kappa shape index (κ1) is 31.2. The maximum Gasteiger partial charge on any atom is 0.264 e. The summed E-state index contributed by atoms with van der Waals surface area (Å²) in [5.41, 5.74) is 0.866. The van der Waals surface area contributed by atoms with Crippen LogP contribution in [0.3, 0.4) is 0 Å². The van der Waals surface area contributed by atoms with Crippen LogP contribution in [0.25, 0.3) is 0 Å². The second-order valence-corrected chi connectivity index (χ2v) is 12.3. The zero-order valence-electron chi connectivity index (χ0n) is 24.0. The van der Waals surface area contributed by atoms with Gasteiger partial charge in [-0.05, 0) is 55.7 Å². The van der Waals surface area contributed by atoms with Crippen LogP contribution < -0.4 is 19.1 Å². The van der Waals surface area contributed by atoms with Gasteiger partial charge in [-0.2, -0.15) is 0 Å². The predicted molar refractivity (Wildman–Crippen MR) is 162 cm³/mol. The summed E-state index contributed by atoms with van der Waals surface area (Å²) < 4.78 is 40.4. The Kier molecular flexibility index (Phi) is 10.3. The van der Waals surface area contributed by atoms with E-state index in [4.69, 9.17) is 21.1 Å². The molecule has 0 bridgehead atoms. The summed E-state index contributed by atoms with van der Waals surface area (Å²) in [7, 11) is -4.20. The van der Waals surface area contributed by atoms with E-state index in [2.05, 4.69) is 5.32 Å². The molecule has 0 spiro atoms. The maximum absolute atomic E-state index is 14.2. The topological polar surface area (TPSA) is 105 Å². The summed E-state index contributed by atoms with van der Waals surface area (Å²) in [5, 5.41) is 3.40. The van der Waals surface area contributed by atoms with E-state index in [0.29, 0.717) is 48.1 Å². The Labute approximate surface area is 252 Å². The van der Waals surface area contributed by atoms with Gasteiger partial charge in [0.25, 0.3) is 10.0 Å². The van der Waals surface area contributed by atoms with E-state index in [1.807, 2.05) is 20.8 Å². The van der Waals surface area contributed by atoms with Crippen LogP contribution in [-0.4, -0.2) is 57.0 Å². The van der Waals surface area contributed by atoms with Crippen LogP contribution >= 0.6 is 11.6 Å². The molecule has 224 valence electrons. The molecule has 0 aromatic heterocycles. The number of benzene rings is 3. The van der Waals surface area contributed by atoms with Gasteiger partial charge >= 0.3 is 0 Å². The smallest absolute Gasteiger partial charge is 0.264 e. The quantitative estimate of drug-likeness (QED) is 0.307. The number of carbonyl (C=O) groups is 2. The van der Waals surface area contributed by atoms with Gasteiger partial charge in [0.2, 0.25) is 11.8 Å². The third-order valence-corrected chi connectivity index (χ3v) is 9.27. The lowest BCUT2D eigenvalue weighted by Crippen LogP contribution is -2.53. The van der Waals surface area contributed by atoms with E-state index in [9.17, 15) is 18.0 Å². The molecule has 1 aliphatic heterocycles. The van der Waals surface area contributed by atoms with Crippen molar-refractivity contribution in [2.45, 2.75) is 57.1 Å². The van der Waals surface area contributed by atoms with Crippen molar-refractivity contribution in [3.63, 3.8) is 0 Å². The SMILES string of the molecule is CC[C@@H](C)NC(=O)[C@H](CC)N(Cc1ccccc1Cl)C(=O)CN(c1ccc2c(c1)OCCO2)S(=O)(=O)c1ccccc1. The third kappa shape index (κ3) is 7.17. The van der Waals surface area contributed by atoms with Crippen molar-refractivity contribution < 1.29 is 27.5 Å². The number of amides is 2. The minimum absolute atomic E-state index is 0.0191. The number of ether oxygens (including phenoxy) is 2. The molecule has 0 radical (unpaired) electrons. The molecule has 3 aromatic rings. The number of carbonyl (C=O) groups excluding carboxylic acids is 2. The molecule has 42 heavy (non-hydrogen) atoms. The highest BCUT2D eigenvalue weighted by Crippen LogP contribution is 2.36. The standard InChI is InChI=1S/C31H36ClN3O6S/c1-4-22(3)33-31(37)27(5-2)34(20-23-11-9-10-14-26(23)32)30(36)21-35(42(38,39)25-12-7-6-8-13-25)24-15-16-28-29(19-24)41-18-17-40-28/h6-16,19,22,27H,4-5,17-18,20-21H2,1-3H3,(H,33,37)/t22-,27+/m1/s1. The van der Waals surface area contributed by atoms with Gasteiger partial charge in [0.1, 0.15) is 25.8 Å². The van der Waals surface area contributed by atoms with E-state index in [-0.39, 0.29) is 29.1 Å². The highest BCUT2D eigenvalue weighted by Gasteiger charge is 2.34. The molecule has 0 fully saturated rings. The molecule has 1 aliphatic rings. The van der Waals surface area contributed by atoms with Crippen molar-refractivity contribution in [2.75, 3.05) is 24.1 Å². The van der Waals surface area contributed by atoms with Crippen molar-refractivity contribution >= 4 is 39.1 Å². The average Bonchev–Trinajstić information content (AvgIpc) is 3.00. The van der Waals surface area contributed by atoms with Crippen LogP contribution in [0.1, 0.15) is 39.2 Å². The number of hydrogen-bond donors (Lipinski definition) is 1. The summed E-state index contributed by atoms with van der Waals surface area (Å²) in [6, 6.07) is 18.8. The second-order valence-electron chi connectivity index (χ2n) is 10.0. The van der Waals surface area contributed by atoms with Crippen molar-refractivity contribution in [1.82, 2.24) is 10.2 Å². The number of nitrogens with one attached hydrogen (secondary N) is 1. The molecule has 1 N–H and O–H groups in total. The Bertz CT molecular complexity index is 1500. The molecule has 4 rings (SSSR count). The molecule has 3 aromatic carbocycles. The summed E-state index contributed by atoms with van der Waals surface area (Å²) in [4.78, 5) is 29.0. The monoisotopic (exact) mass is 613 g/mol. The van der Waals surface area contributed by atoms with E-state index >= 15 is 0 Å². The second kappa shape index (κ2) is 13.9. The first-order valence-electron chi connectivity index (χ1n) is 14.0. The lowest BCUT2D eigenvalue weighted by molar-refractivity contribution is -0.140. The van der Waals surface area contributed by atoms with E-state index in [1.165, 1.54) is 17.0 Å². The highest BCUT2D eigenvalue weighted by atomic mass is 35.5. The number of fused-ring (bicyclic) bond motifs is 1. The molecule has 9 nitrogen and oxygen atoms in total. The average molecular weight is 614 g/mol. The fraction of sp³-hybridized carbons (Fsp3) is 0.355. The van der Waals surface area contributed by atoms with Crippen LogP contribution in [0, 0.1) is 0 Å². The molecule has 0 unspecified atom stereocenters. The minimum Gasteiger partial charge on any atom is -0.486 e. The van der Waals surface area contributed by atoms with Gasteiger partial charge in [-0.15, -0.1) is 0 Å². The Morgan fingerprint density at radius 3 is 2.26 bits per heavy atom. The number of sulfonamides is 1. The molecule has 1 heterocycles. The Morgan fingerprint density at radius 2 is 1.60 bits per heavy atom. The van der Waals surface area contributed by atoms with Crippen molar-refractivity contribution in [3.05, 3.63) is 83.4 Å². The van der Waals surface area contributed by atoms with E-state index < -0.39 is 28.5 Å². The Hall–Kier alpha value is -3.76. The van der Waals surface area contributed by atoms with Gasteiger partial charge in [0, 0.05) is 23.7 Å². The summed E-state index contributed by atoms with van der Waals surface area (Å²) >= 11 is 6.46. The fourth-order valence-electron chi connectivity index (χ4n) is 4.61. The first-order chi connectivity index (χ1) is 20.1. The van der Waals surface area contributed by atoms with Gasteiger partial charge < -0.3 is 19.7 Å². The minimum atomic E-state index is -4.20.